The van der Waals surface area contributed by atoms with Gasteiger partial charge in [0, 0.05) is 11.4 Å². The molecule has 0 atom stereocenters. The second-order valence-corrected chi connectivity index (χ2v) is 6.15. The quantitative estimate of drug-likeness (QED) is 0.238. The Morgan fingerprint density at radius 2 is 0.967 bits per heavy atom. The van der Waals surface area contributed by atoms with E-state index < -0.39 is 0 Å². The summed E-state index contributed by atoms with van der Waals surface area (Å²) in [6.45, 7) is 3.55. The lowest BCUT2D eigenvalue weighted by atomic mass is 10.1. The number of carbonyl (C=O) groups excluding carboxylic acids is 1. The number of nitrogens with zero attached hydrogens (tertiary/aromatic N) is 4. The summed E-state index contributed by atoms with van der Waals surface area (Å²) in [6, 6.07) is 13.8. The molecule has 0 saturated carbocycles. The molecule has 0 heterocycles. The maximum atomic E-state index is 12.2. The highest BCUT2D eigenvalue weighted by Gasteiger charge is 2.05. The van der Waals surface area contributed by atoms with Crippen LogP contribution in [0.2, 0.25) is 0 Å². The van der Waals surface area contributed by atoms with Crippen LogP contribution in [-0.2, 0) is 0 Å². The fraction of sp³-hybridized carbons (Fsp3) is 0.105. The fourth-order valence-electron chi connectivity index (χ4n) is 2.26. The van der Waals surface area contributed by atoms with E-state index in [1.165, 1.54) is 0 Å². The molecule has 2 rings (SSSR count). The van der Waals surface area contributed by atoms with Gasteiger partial charge >= 0.3 is 6.03 Å². The van der Waals surface area contributed by atoms with Gasteiger partial charge in [-0.15, -0.1) is 10.2 Å². The topological polar surface area (TPSA) is 195 Å². The third-order valence-corrected chi connectivity index (χ3v) is 3.75. The monoisotopic (exact) mass is 408 g/mol. The van der Waals surface area contributed by atoms with Crippen LogP contribution in [0.1, 0.15) is 25.0 Å². The van der Waals surface area contributed by atoms with Gasteiger partial charge < -0.3 is 33.6 Å². The van der Waals surface area contributed by atoms with E-state index in [-0.39, 0.29) is 18.0 Å². The van der Waals surface area contributed by atoms with Gasteiger partial charge in [-0.25, -0.2) is 4.79 Å². The summed E-state index contributed by atoms with van der Waals surface area (Å²) in [7, 11) is 0. The molecule has 10 N–H and O–H groups in total. The first-order valence-corrected chi connectivity index (χ1v) is 8.80. The summed E-state index contributed by atoms with van der Waals surface area (Å²) < 4.78 is 0. The summed E-state index contributed by atoms with van der Waals surface area (Å²) in [5.74, 6) is -0.234. The molecule has 0 radical (unpaired) electrons. The molecule has 0 aliphatic heterocycles. The van der Waals surface area contributed by atoms with E-state index in [9.17, 15) is 4.79 Å². The van der Waals surface area contributed by atoms with Crippen molar-refractivity contribution >= 4 is 40.7 Å². The minimum Gasteiger partial charge on any atom is -0.369 e. The summed E-state index contributed by atoms with van der Waals surface area (Å²) in [6.07, 6.45) is 0. The van der Waals surface area contributed by atoms with Crippen LogP contribution in [0.3, 0.4) is 0 Å². The number of hydrogen-bond acceptors (Lipinski definition) is 5. The van der Waals surface area contributed by atoms with Crippen LogP contribution >= 0.6 is 0 Å². The molecule has 0 bridgehead atoms. The van der Waals surface area contributed by atoms with Crippen molar-refractivity contribution in [3.63, 3.8) is 0 Å². The summed E-state index contributed by atoms with van der Waals surface area (Å²) in [4.78, 5) is 12.2. The van der Waals surface area contributed by atoms with E-state index >= 15 is 0 Å². The lowest BCUT2D eigenvalue weighted by molar-refractivity contribution is 0.262. The van der Waals surface area contributed by atoms with Gasteiger partial charge in [-0.1, -0.05) is 24.3 Å². The van der Waals surface area contributed by atoms with Crippen molar-refractivity contribution in [1.82, 2.24) is 0 Å². The zero-order valence-corrected chi connectivity index (χ0v) is 16.6. The number of nitrogens with one attached hydrogen (secondary N) is 2. The number of nitrogens with two attached hydrogens (primary N) is 4. The Kier molecular flexibility index (Phi) is 7.46. The number of rotatable bonds is 6. The smallest absolute Gasteiger partial charge is 0.323 e. The number of amides is 2. The molecule has 156 valence electrons. The Bertz CT molecular complexity index is 915. The molecular weight excluding hydrogens is 384 g/mol. The molecule has 0 fully saturated rings. The second kappa shape index (κ2) is 10.2. The molecule has 30 heavy (non-hydrogen) atoms. The first-order valence-electron chi connectivity index (χ1n) is 8.80. The Balaban J connectivity index is 1.97. The standard InChI is InChI=1S/C19H24N10O/c1-11(26-28-17(20)21)13-3-7-15(8-4-13)24-19(30)25-16-9-5-14(6-10-16)12(2)27-29-18(22)23/h3-10H,1-2H3,(H4,20,21,28)(H4,22,23,29)(H2,24,25,30). The van der Waals surface area contributed by atoms with Crippen molar-refractivity contribution in [1.29, 1.82) is 0 Å². The normalized spacial score (nSPS) is 11.4. The van der Waals surface area contributed by atoms with Gasteiger partial charge in [-0.3, -0.25) is 0 Å². The second-order valence-electron chi connectivity index (χ2n) is 6.15. The van der Waals surface area contributed by atoms with Gasteiger partial charge in [0.15, 0.2) is 0 Å². The van der Waals surface area contributed by atoms with Crippen LogP contribution in [-0.4, -0.2) is 29.4 Å². The highest BCUT2D eigenvalue weighted by Crippen LogP contribution is 2.14. The SMILES string of the molecule is CC(=NN=C(N)N)c1ccc(NC(=O)Nc2ccc(C(C)=NN=C(N)N)cc2)cc1. The number of urea groups is 1. The van der Waals surface area contributed by atoms with E-state index in [0.717, 1.165) is 11.1 Å². The van der Waals surface area contributed by atoms with Crippen molar-refractivity contribution < 1.29 is 4.79 Å². The molecule has 0 aromatic heterocycles. The van der Waals surface area contributed by atoms with E-state index in [2.05, 4.69) is 31.0 Å². The number of anilines is 2. The zero-order valence-electron chi connectivity index (χ0n) is 16.6. The molecule has 2 aromatic carbocycles. The van der Waals surface area contributed by atoms with Crippen LogP contribution < -0.4 is 33.6 Å². The van der Waals surface area contributed by atoms with Crippen molar-refractivity contribution in [2.24, 2.45) is 43.3 Å². The van der Waals surface area contributed by atoms with Crippen LogP contribution in [0.5, 0.6) is 0 Å². The molecule has 2 amide bonds. The highest BCUT2D eigenvalue weighted by atomic mass is 16.2. The molecule has 0 aliphatic rings. The minimum atomic E-state index is -0.382. The lowest BCUT2D eigenvalue weighted by Gasteiger charge is -2.09. The average Bonchev–Trinajstić information content (AvgIpc) is 2.71. The van der Waals surface area contributed by atoms with Crippen LogP contribution in [0.25, 0.3) is 0 Å². The molecule has 0 aliphatic carbocycles. The Morgan fingerprint density at radius 3 is 1.27 bits per heavy atom. The Hall–Kier alpha value is -4.41. The van der Waals surface area contributed by atoms with Crippen LogP contribution in [0.4, 0.5) is 16.2 Å². The van der Waals surface area contributed by atoms with E-state index in [4.69, 9.17) is 22.9 Å². The number of hydrogen-bond donors (Lipinski definition) is 6. The molecule has 11 heteroatoms. The third-order valence-electron chi connectivity index (χ3n) is 3.75. The molecule has 11 nitrogen and oxygen atoms in total. The summed E-state index contributed by atoms with van der Waals surface area (Å²) in [5, 5.41) is 20.5. The van der Waals surface area contributed by atoms with E-state index in [1.54, 1.807) is 62.4 Å². The Morgan fingerprint density at radius 1 is 0.633 bits per heavy atom. The lowest BCUT2D eigenvalue weighted by Crippen LogP contribution is -2.22. The van der Waals surface area contributed by atoms with Gasteiger partial charge in [0.05, 0.1) is 11.4 Å². The van der Waals surface area contributed by atoms with Gasteiger partial charge in [-0.2, -0.15) is 10.2 Å². The van der Waals surface area contributed by atoms with Crippen molar-refractivity contribution in [2.75, 3.05) is 10.6 Å². The number of carbonyl (C=O) groups is 1. The number of guanidine groups is 2. The third kappa shape index (κ3) is 6.96. The maximum absolute atomic E-state index is 12.2. The van der Waals surface area contributed by atoms with Crippen LogP contribution in [0.15, 0.2) is 68.9 Å². The van der Waals surface area contributed by atoms with Gasteiger partial charge in [0.25, 0.3) is 0 Å². The van der Waals surface area contributed by atoms with E-state index in [0.29, 0.717) is 22.8 Å². The molecule has 0 unspecified atom stereocenters. The first kappa shape index (κ1) is 21.9. The predicted octanol–water partition coefficient (Wildman–Crippen LogP) is 1.33. The number of benzene rings is 2. The van der Waals surface area contributed by atoms with Gasteiger partial charge in [0.1, 0.15) is 0 Å². The van der Waals surface area contributed by atoms with E-state index in [1.807, 2.05) is 0 Å². The molecular formula is C19H24N10O. The summed E-state index contributed by atoms with van der Waals surface area (Å²) in [5.41, 5.74) is 25.2. The van der Waals surface area contributed by atoms with Crippen molar-refractivity contribution in [2.45, 2.75) is 13.8 Å². The predicted molar refractivity (Wildman–Crippen MR) is 122 cm³/mol. The van der Waals surface area contributed by atoms with Crippen molar-refractivity contribution in [3.05, 3.63) is 59.7 Å². The van der Waals surface area contributed by atoms with Gasteiger partial charge in [-0.05, 0) is 49.2 Å². The average molecular weight is 408 g/mol. The maximum Gasteiger partial charge on any atom is 0.323 e. The zero-order chi connectivity index (χ0) is 22.1. The minimum absolute atomic E-state index is 0.117. The van der Waals surface area contributed by atoms with Crippen molar-refractivity contribution in [3.8, 4) is 0 Å². The highest BCUT2D eigenvalue weighted by molar-refractivity contribution is 6.02. The largest absolute Gasteiger partial charge is 0.369 e. The van der Waals surface area contributed by atoms with Crippen LogP contribution in [0, 0.1) is 0 Å². The molecule has 0 saturated heterocycles. The summed E-state index contributed by atoms with van der Waals surface area (Å²) >= 11 is 0. The molecule has 0 spiro atoms. The first-order chi connectivity index (χ1) is 14.2. The van der Waals surface area contributed by atoms with Gasteiger partial charge in [0.2, 0.25) is 11.9 Å². The fourth-order valence-corrected chi connectivity index (χ4v) is 2.26. The molecule has 2 aromatic rings. The Labute approximate surface area is 173 Å².